The average Bonchev–Trinajstić information content (AvgIpc) is 3.19. The molecule has 0 aliphatic carbocycles. The number of pyridine rings is 1. The minimum absolute atomic E-state index is 0.117. The first kappa shape index (κ1) is 18.2. The third-order valence-electron chi connectivity index (χ3n) is 5.96. The maximum absolute atomic E-state index is 13.1. The lowest BCUT2D eigenvalue weighted by atomic mass is 9.99. The van der Waals surface area contributed by atoms with E-state index in [0.717, 1.165) is 49.4 Å². The van der Waals surface area contributed by atoms with Crippen molar-refractivity contribution in [1.82, 2.24) is 24.6 Å². The molecule has 2 saturated heterocycles. The maximum Gasteiger partial charge on any atom is 0.257 e. The van der Waals surface area contributed by atoms with Gasteiger partial charge < -0.3 is 9.80 Å². The van der Waals surface area contributed by atoms with Gasteiger partial charge in [-0.2, -0.15) is 5.10 Å². The number of aromatic nitrogens is 3. The molecule has 0 spiro atoms. The topological polar surface area (TPSA) is 54.3 Å². The summed E-state index contributed by atoms with van der Waals surface area (Å²) < 4.78 is 1.80. The van der Waals surface area contributed by atoms with Crippen molar-refractivity contribution in [3.63, 3.8) is 0 Å². The molecule has 0 aromatic carbocycles. The second-order valence-corrected chi connectivity index (χ2v) is 7.58. The SMILES string of the molecule is CCc1c(C(=O)N2CCC(N3CCCCC3)CC2)cnn1-c1ccccn1. The van der Waals surface area contributed by atoms with Gasteiger partial charge in [-0.1, -0.05) is 19.4 Å². The fourth-order valence-corrected chi connectivity index (χ4v) is 4.46. The van der Waals surface area contributed by atoms with Crippen molar-refractivity contribution in [2.45, 2.75) is 51.5 Å². The van der Waals surface area contributed by atoms with E-state index in [4.69, 9.17) is 0 Å². The molecule has 6 heteroatoms. The summed E-state index contributed by atoms with van der Waals surface area (Å²) in [4.78, 5) is 22.2. The van der Waals surface area contributed by atoms with Crippen LogP contribution in [0.3, 0.4) is 0 Å². The van der Waals surface area contributed by atoms with Gasteiger partial charge in [-0.05, 0) is 57.3 Å². The summed E-state index contributed by atoms with van der Waals surface area (Å²) in [5, 5.41) is 4.46. The third-order valence-corrected chi connectivity index (χ3v) is 5.96. The van der Waals surface area contributed by atoms with E-state index in [2.05, 4.69) is 21.9 Å². The molecule has 0 atom stereocenters. The highest BCUT2D eigenvalue weighted by Crippen LogP contribution is 2.23. The number of hydrogen-bond acceptors (Lipinski definition) is 4. The Bertz CT molecular complexity index is 758. The van der Waals surface area contributed by atoms with E-state index in [0.29, 0.717) is 6.04 Å². The van der Waals surface area contributed by atoms with Gasteiger partial charge in [0.25, 0.3) is 5.91 Å². The highest BCUT2D eigenvalue weighted by atomic mass is 16.2. The second-order valence-electron chi connectivity index (χ2n) is 7.58. The lowest BCUT2D eigenvalue weighted by Crippen LogP contribution is -2.48. The number of piperidine rings is 2. The van der Waals surface area contributed by atoms with Crippen LogP contribution in [0.4, 0.5) is 0 Å². The number of carbonyl (C=O) groups is 1. The van der Waals surface area contributed by atoms with Crippen molar-refractivity contribution in [1.29, 1.82) is 0 Å². The molecule has 27 heavy (non-hydrogen) atoms. The Labute approximate surface area is 161 Å². The van der Waals surface area contributed by atoms with Crippen LogP contribution in [0.1, 0.15) is 55.1 Å². The Morgan fingerprint density at radius 2 is 1.89 bits per heavy atom. The van der Waals surface area contributed by atoms with E-state index in [1.807, 2.05) is 23.1 Å². The van der Waals surface area contributed by atoms with Gasteiger partial charge in [0.05, 0.1) is 17.5 Å². The molecule has 2 aromatic rings. The van der Waals surface area contributed by atoms with Gasteiger partial charge in [0, 0.05) is 25.3 Å². The van der Waals surface area contributed by atoms with Gasteiger partial charge >= 0.3 is 0 Å². The molecule has 4 heterocycles. The van der Waals surface area contributed by atoms with E-state index in [1.54, 1.807) is 17.1 Å². The fourth-order valence-electron chi connectivity index (χ4n) is 4.46. The Kier molecular flexibility index (Phi) is 5.53. The number of amides is 1. The first-order valence-electron chi connectivity index (χ1n) is 10.3. The Morgan fingerprint density at radius 1 is 1.11 bits per heavy atom. The standard InChI is InChI=1S/C21H29N5O/c1-2-19-18(16-23-26(19)20-8-4-5-11-22-20)21(27)25-14-9-17(10-15-25)24-12-6-3-7-13-24/h4-5,8,11,16-17H,2-3,6-7,9-10,12-15H2,1H3. The fraction of sp³-hybridized carbons (Fsp3) is 0.571. The lowest BCUT2D eigenvalue weighted by Gasteiger charge is -2.40. The van der Waals surface area contributed by atoms with Crippen LogP contribution < -0.4 is 0 Å². The molecule has 2 fully saturated rings. The molecule has 0 bridgehead atoms. The molecule has 0 radical (unpaired) electrons. The van der Waals surface area contributed by atoms with Gasteiger partial charge in [-0.3, -0.25) is 4.79 Å². The van der Waals surface area contributed by atoms with Crippen molar-refractivity contribution in [3.05, 3.63) is 41.9 Å². The van der Waals surface area contributed by atoms with Crippen LogP contribution >= 0.6 is 0 Å². The maximum atomic E-state index is 13.1. The zero-order valence-corrected chi connectivity index (χ0v) is 16.2. The molecule has 2 aliphatic heterocycles. The highest BCUT2D eigenvalue weighted by Gasteiger charge is 2.29. The number of nitrogens with zero attached hydrogens (tertiary/aromatic N) is 5. The minimum Gasteiger partial charge on any atom is -0.338 e. The normalized spacial score (nSPS) is 19.4. The zero-order valence-electron chi connectivity index (χ0n) is 16.2. The number of carbonyl (C=O) groups excluding carboxylic acids is 1. The van der Waals surface area contributed by atoms with Crippen LogP contribution in [0.5, 0.6) is 0 Å². The van der Waals surface area contributed by atoms with Crippen LogP contribution in [0.15, 0.2) is 30.6 Å². The smallest absolute Gasteiger partial charge is 0.257 e. The molecule has 0 saturated carbocycles. The molecular weight excluding hydrogens is 338 g/mol. The number of likely N-dealkylation sites (tertiary alicyclic amines) is 2. The number of rotatable bonds is 4. The summed E-state index contributed by atoms with van der Waals surface area (Å²) in [6.07, 6.45) is 10.4. The molecule has 144 valence electrons. The summed E-state index contributed by atoms with van der Waals surface area (Å²) in [7, 11) is 0. The third kappa shape index (κ3) is 3.76. The van der Waals surface area contributed by atoms with Crippen LogP contribution in [0, 0.1) is 0 Å². The van der Waals surface area contributed by atoms with Crippen LogP contribution in [0.2, 0.25) is 0 Å². The van der Waals surface area contributed by atoms with Gasteiger partial charge in [-0.25, -0.2) is 9.67 Å². The van der Waals surface area contributed by atoms with Crippen molar-refractivity contribution in [3.8, 4) is 5.82 Å². The predicted molar refractivity (Wildman–Crippen MR) is 105 cm³/mol. The lowest BCUT2D eigenvalue weighted by molar-refractivity contribution is 0.0589. The van der Waals surface area contributed by atoms with Crippen LogP contribution in [-0.2, 0) is 6.42 Å². The van der Waals surface area contributed by atoms with Gasteiger partial charge in [0.1, 0.15) is 0 Å². The van der Waals surface area contributed by atoms with Crippen molar-refractivity contribution in [2.75, 3.05) is 26.2 Å². The average molecular weight is 367 g/mol. The van der Waals surface area contributed by atoms with Gasteiger partial charge in [-0.15, -0.1) is 0 Å². The molecule has 2 aromatic heterocycles. The zero-order chi connectivity index (χ0) is 18.6. The molecule has 1 amide bonds. The first-order chi connectivity index (χ1) is 13.3. The Morgan fingerprint density at radius 3 is 2.56 bits per heavy atom. The van der Waals surface area contributed by atoms with Gasteiger partial charge in [0.15, 0.2) is 5.82 Å². The molecule has 0 unspecified atom stereocenters. The van der Waals surface area contributed by atoms with E-state index in [9.17, 15) is 4.79 Å². The predicted octanol–water partition coefficient (Wildman–Crippen LogP) is 2.92. The van der Waals surface area contributed by atoms with Crippen LogP contribution in [0.25, 0.3) is 5.82 Å². The van der Waals surface area contributed by atoms with E-state index >= 15 is 0 Å². The van der Waals surface area contributed by atoms with E-state index < -0.39 is 0 Å². The summed E-state index contributed by atoms with van der Waals surface area (Å²) in [5.74, 6) is 0.878. The minimum atomic E-state index is 0.117. The molecule has 4 rings (SSSR count). The Balaban J connectivity index is 1.45. The summed E-state index contributed by atoms with van der Waals surface area (Å²) in [6, 6.07) is 6.40. The van der Waals surface area contributed by atoms with Crippen molar-refractivity contribution in [2.24, 2.45) is 0 Å². The summed E-state index contributed by atoms with van der Waals surface area (Å²) >= 11 is 0. The van der Waals surface area contributed by atoms with Gasteiger partial charge in [0.2, 0.25) is 0 Å². The number of hydrogen-bond donors (Lipinski definition) is 0. The molecule has 6 nitrogen and oxygen atoms in total. The molecule has 2 aliphatic rings. The largest absolute Gasteiger partial charge is 0.338 e. The Hall–Kier alpha value is -2.21. The summed E-state index contributed by atoms with van der Waals surface area (Å²) in [6.45, 7) is 6.22. The van der Waals surface area contributed by atoms with Crippen molar-refractivity contribution < 1.29 is 4.79 Å². The second kappa shape index (κ2) is 8.21. The molecular formula is C21H29N5O. The first-order valence-corrected chi connectivity index (χ1v) is 10.3. The van der Waals surface area contributed by atoms with E-state index in [-0.39, 0.29) is 5.91 Å². The quantitative estimate of drug-likeness (QED) is 0.834. The highest BCUT2D eigenvalue weighted by molar-refractivity contribution is 5.95. The van der Waals surface area contributed by atoms with Crippen molar-refractivity contribution >= 4 is 5.91 Å². The molecule has 0 N–H and O–H groups in total. The monoisotopic (exact) mass is 367 g/mol. The summed E-state index contributed by atoms with van der Waals surface area (Å²) in [5.41, 5.74) is 1.66. The van der Waals surface area contributed by atoms with Crippen LogP contribution in [-0.4, -0.2) is 62.7 Å². The van der Waals surface area contributed by atoms with E-state index in [1.165, 1.54) is 32.4 Å².